The van der Waals surface area contributed by atoms with Crippen LogP contribution in [0.15, 0.2) is 84.9 Å². The molecule has 0 fully saturated rings. The number of nitrogens with one attached hydrogen (secondary N) is 1. The second kappa shape index (κ2) is 14.3. The average molecular weight is 552 g/mol. The lowest BCUT2D eigenvalue weighted by Crippen LogP contribution is -2.50. The van der Waals surface area contributed by atoms with Crippen LogP contribution in [-0.4, -0.2) is 57.6 Å². The molecule has 3 aromatic carbocycles. The van der Waals surface area contributed by atoms with Crippen LogP contribution in [0, 0.1) is 0 Å². The number of anilines is 1. The van der Waals surface area contributed by atoms with Crippen LogP contribution in [0.3, 0.4) is 0 Å². The number of nitrogens with zero attached hydrogens (tertiary/aromatic N) is 2. The standard InChI is InChI=1S/C30H37N3O5S/c1-4-31-30(35)28(22-24-13-7-5-8-14-24)32(23-25-15-11-18-27(21-25)38-2)29(34)19-12-20-33(39(3,36)37)26-16-9-6-10-17-26/h5-11,13-18,21,28H,4,12,19-20,22-23H2,1-3H3,(H,31,35)/t28-/m1/s1. The van der Waals surface area contributed by atoms with Gasteiger partial charge in [-0.05, 0) is 48.7 Å². The van der Waals surface area contributed by atoms with Crippen molar-refractivity contribution in [3.05, 3.63) is 96.1 Å². The quantitative estimate of drug-likeness (QED) is 0.327. The van der Waals surface area contributed by atoms with Gasteiger partial charge in [-0.2, -0.15) is 0 Å². The van der Waals surface area contributed by atoms with Gasteiger partial charge in [-0.1, -0.05) is 60.7 Å². The van der Waals surface area contributed by atoms with Gasteiger partial charge in [0.1, 0.15) is 11.8 Å². The highest BCUT2D eigenvalue weighted by Gasteiger charge is 2.30. The molecular formula is C30H37N3O5S. The third-order valence-corrected chi connectivity index (χ3v) is 7.50. The lowest BCUT2D eigenvalue weighted by Gasteiger charge is -2.32. The second-order valence-electron chi connectivity index (χ2n) is 9.25. The number of para-hydroxylation sites is 1. The van der Waals surface area contributed by atoms with E-state index in [1.54, 1.807) is 36.3 Å². The molecule has 208 valence electrons. The monoisotopic (exact) mass is 551 g/mol. The van der Waals surface area contributed by atoms with Gasteiger partial charge in [-0.25, -0.2) is 8.42 Å². The number of sulfonamides is 1. The van der Waals surface area contributed by atoms with E-state index in [0.29, 0.717) is 30.8 Å². The maximum Gasteiger partial charge on any atom is 0.243 e. The third-order valence-electron chi connectivity index (χ3n) is 6.31. The minimum absolute atomic E-state index is 0.0769. The van der Waals surface area contributed by atoms with Crippen molar-refractivity contribution in [2.75, 3.05) is 30.8 Å². The maximum atomic E-state index is 13.8. The molecule has 0 aliphatic carbocycles. The van der Waals surface area contributed by atoms with Gasteiger partial charge in [0.05, 0.1) is 19.1 Å². The van der Waals surface area contributed by atoms with Gasteiger partial charge in [-0.15, -0.1) is 0 Å². The smallest absolute Gasteiger partial charge is 0.243 e. The molecule has 9 heteroatoms. The van der Waals surface area contributed by atoms with Crippen molar-refractivity contribution >= 4 is 27.5 Å². The molecule has 0 spiro atoms. The number of hydrogen-bond donors (Lipinski definition) is 1. The Morgan fingerprint density at radius 3 is 2.18 bits per heavy atom. The molecule has 8 nitrogen and oxygen atoms in total. The summed E-state index contributed by atoms with van der Waals surface area (Å²) in [5.74, 6) is 0.190. The van der Waals surface area contributed by atoms with Crippen molar-refractivity contribution in [3.63, 3.8) is 0 Å². The summed E-state index contributed by atoms with van der Waals surface area (Å²) < 4.78 is 31.6. The van der Waals surface area contributed by atoms with Crippen molar-refractivity contribution in [3.8, 4) is 5.75 Å². The topological polar surface area (TPSA) is 96.0 Å². The predicted molar refractivity (Wildman–Crippen MR) is 154 cm³/mol. The van der Waals surface area contributed by atoms with E-state index in [0.717, 1.165) is 17.4 Å². The highest BCUT2D eigenvalue weighted by Crippen LogP contribution is 2.21. The molecule has 0 saturated heterocycles. The van der Waals surface area contributed by atoms with Gasteiger partial charge < -0.3 is 15.0 Å². The van der Waals surface area contributed by atoms with E-state index < -0.39 is 16.1 Å². The number of hydrogen-bond acceptors (Lipinski definition) is 5. The Morgan fingerprint density at radius 1 is 0.923 bits per heavy atom. The highest BCUT2D eigenvalue weighted by molar-refractivity contribution is 7.92. The normalized spacial score (nSPS) is 11.9. The lowest BCUT2D eigenvalue weighted by atomic mass is 10.0. The zero-order chi connectivity index (χ0) is 28.3. The number of ether oxygens (including phenoxy) is 1. The molecule has 3 aromatic rings. The van der Waals surface area contributed by atoms with E-state index in [1.165, 1.54) is 4.31 Å². The largest absolute Gasteiger partial charge is 0.497 e. The number of carbonyl (C=O) groups excluding carboxylic acids is 2. The first-order valence-corrected chi connectivity index (χ1v) is 14.8. The van der Waals surface area contributed by atoms with Crippen LogP contribution < -0.4 is 14.4 Å². The van der Waals surface area contributed by atoms with Crippen LogP contribution in [0.4, 0.5) is 5.69 Å². The Labute approximate surface area is 231 Å². The number of benzene rings is 3. The zero-order valence-electron chi connectivity index (χ0n) is 22.7. The molecule has 0 unspecified atom stereocenters. The van der Waals surface area contributed by atoms with Crippen molar-refractivity contribution in [1.29, 1.82) is 0 Å². The Morgan fingerprint density at radius 2 is 1.56 bits per heavy atom. The van der Waals surface area contributed by atoms with E-state index in [4.69, 9.17) is 4.74 Å². The molecule has 1 N–H and O–H groups in total. The molecule has 0 saturated carbocycles. The van der Waals surface area contributed by atoms with Crippen molar-refractivity contribution < 1.29 is 22.7 Å². The van der Waals surface area contributed by atoms with E-state index in [9.17, 15) is 18.0 Å². The molecular weight excluding hydrogens is 514 g/mol. The van der Waals surface area contributed by atoms with E-state index in [-0.39, 0.29) is 31.3 Å². The Balaban J connectivity index is 1.87. The average Bonchev–Trinajstić information content (AvgIpc) is 2.93. The summed E-state index contributed by atoms with van der Waals surface area (Å²) in [6.45, 7) is 2.63. The summed E-state index contributed by atoms with van der Waals surface area (Å²) in [5.41, 5.74) is 2.31. The summed E-state index contributed by atoms with van der Waals surface area (Å²) in [5, 5.41) is 2.88. The first-order valence-electron chi connectivity index (χ1n) is 13.0. The first-order chi connectivity index (χ1) is 18.7. The number of amides is 2. The Hall–Kier alpha value is -3.85. The maximum absolute atomic E-state index is 13.8. The van der Waals surface area contributed by atoms with Crippen LogP contribution in [0.1, 0.15) is 30.9 Å². The van der Waals surface area contributed by atoms with Crippen molar-refractivity contribution in [1.82, 2.24) is 10.2 Å². The summed E-state index contributed by atoms with van der Waals surface area (Å²) in [6.07, 6.45) is 1.88. The van der Waals surface area contributed by atoms with Crippen LogP contribution in [0.5, 0.6) is 5.75 Å². The van der Waals surface area contributed by atoms with Crippen LogP contribution in [0.25, 0.3) is 0 Å². The zero-order valence-corrected chi connectivity index (χ0v) is 23.6. The predicted octanol–water partition coefficient (Wildman–Crippen LogP) is 4.02. The summed E-state index contributed by atoms with van der Waals surface area (Å²) >= 11 is 0. The second-order valence-corrected chi connectivity index (χ2v) is 11.2. The SMILES string of the molecule is CCNC(=O)[C@@H](Cc1ccccc1)N(Cc1cccc(OC)c1)C(=O)CCCN(c1ccccc1)S(C)(=O)=O. The number of methoxy groups -OCH3 is 1. The molecule has 3 rings (SSSR count). The van der Waals surface area contributed by atoms with Gasteiger partial charge in [-0.3, -0.25) is 13.9 Å². The number of carbonyl (C=O) groups is 2. The number of likely N-dealkylation sites (N-methyl/N-ethyl adjacent to an activating group) is 1. The lowest BCUT2D eigenvalue weighted by molar-refractivity contribution is -0.141. The minimum atomic E-state index is -3.54. The van der Waals surface area contributed by atoms with Crippen LogP contribution in [-0.2, 0) is 32.6 Å². The van der Waals surface area contributed by atoms with Gasteiger partial charge in [0.2, 0.25) is 21.8 Å². The third kappa shape index (κ3) is 8.85. The van der Waals surface area contributed by atoms with E-state index in [2.05, 4.69) is 5.32 Å². The molecule has 0 aliphatic heterocycles. The summed E-state index contributed by atoms with van der Waals surface area (Å²) in [7, 11) is -1.96. The van der Waals surface area contributed by atoms with E-state index >= 15 is 0 Å². The Bertz CT molecular complexity index is 1320. The van der Waals surface area contributed by atoms with Gasteiger partial charge >= 0.3 is 0 Å². The summed E-state index contributed by atoms with van der Waals surface area (Å²) in [4.78, 5) is 28.6. The first kappa shape index (κ1) is 29.7. The molecule has 0 radical (unpaired) electrons. The van der Waals surface area contributed by atoms with Gasteiger partial charge in [0.25, 0.3) is 0 Å². The van der Waals surface area contributed by atoms with Crippen LogP contribution in [0.2, 0.25) is 0 Å². The van der Waals surface area contributed by atoms with Crippen molar-refractivity contribution in [2.24, 2.45) is 0 Å². The molecule has 0 bridgehead atoms. The molecule has 39 heavy (non-hydrogen) atoms. The molecule has 1 atom stereocenters. The molecule has 0 aromatic heterocycles. The van der Waals surface area contributed by atoms with Crippen LogP contribution >= 0.6 is 0 Å². The highest BCUT2D eigenvalue weighted by atomic mass is 32.2. The number of rotatable bonds is 14. The van der Waals surface area contributed by atoms with Gasteiger partial charge in [0.15, 0.2) is 0 Å². The minimum Gasteiger partial charge on any atom is -0.497 e. The molecule has 2 amide bonds. The fourth-order valence-corrected chi connectivity index (χ4v) is 5.38. The Kier molecular flexibility index (Phi) is 10.9. The van der Waals surface area contributed by atoms with Crippen molar-refractivity contribution in [2.45, 2.75) is 38.8 Å². The fourth-order valence-electron chi connectivity index (χ4n) is 4.41. The summed E-state index contributed by atoms with van der Waals surface area (Å²) in [6, 6.07) is 25.1. The van der Waals surface area contributed by atoms with Gasteiger partial charge in [0, 0.05) is 32.5 Å². The van der Waals surface area contributed by atoms with E-state index in [1.807, 2.05) is 67.6 Å². The molecule has 0 heterocycles. The molecule has 0 aliphatic rings. The fraction of sp³-hybridized carbons (Fsp3) is 0.333.